The van der Waals surface area contributed by atoms with Crippen LogP contribution >= 0.6 is 23.2 Å². The minimum Gasteiger partial charge on any atom is -0.350 e. The maximum absolute atomic E-state index is 12.0. The van der Waals surface area contributed by atoms with Crippen LogP contribution < -0.4 is 5.32 Å². The SMILES string of the molecule is O=C(Nc1cn[nH]c1)c1cc2c(Cl)c(Cl)ccc2[nH]1. The lowest BCUT2D eigenvalue weighted by Gasteiger charge is -1.98. The number of fused-ring (bicyclic) bond motifs is 1. The van der Waals surface area contributed by atoms with Gasteiger partial charge in [-0.05, 0) is 18.2 Å². The summed E-state index contributed by atoms with van der Waals surface area (Å²) in [4.78, 5) is 15.0. The first kappa shape index (κ1) is 12.1. The second kappa shape index (κ2) is 4.60. The Kier molecular flexibility index (Phi) is 2.93. The number of carbonyl (C=O) groups excluding carboxylic acids is 1. The summed E-state index contributed by atoms with van der Waals surface area (Å²) >= 11 is 12.0. The Labute approximate surface area is 117 Å². The van der Waals surface area contributed by atoms with Crippen LogP contribution in [0.15, 0.2) is 30.6 Å². The highest BCUT2D eigenvalue weighted by Gasteiger charge is 2.13. The van der Waals surface area contributed by atoms with Crippen LogP contribution in [0.5, 0.6) is 0 Å². The summed E-state index contributed by atoms with van der Waals surface area (Å²) in [6.07, 6.45) is 3.11. The van der Waals surface area contributed by atoms with Gasteiger partial charge in [0.05, 0.1) is 21.9 Å². The zero-order chi connectivity index (χ0) is 13.4. The van der Waals surface area contributed by atoms with E-state index in [1.165, 1.54) is 6.20 Å². The molecule has 0 aliphatic carbocycles. The molecule has 96 valence electrons. The highest BCUT2D eigenvalue weighted by Crippen LogP contribution is 2.31. The largest absolute Gasteiger partial charge is 0.350 e. The topological polar surface area (TPSA) is 73.6 Å². The molecule has 0 bridgehead atoms. The number of aromatic amines is 2. The van der Waals surface area contributed by atoms with Gasteiger partial charge in [0.1, 0.15) is 5.69 Å². The average Bonchev–Trinajstić information content (AvgIpc) is 3.02. The number of hydrogen-bond donors (Lipinski definition) is 3. The lowest BCUT2D eigenvalue weighted by Crippen LogP contribution is -2.11. The normalized spacial score (nSPS) is 10.8. The number of H-pyrrole nitrogens is 2. The van der Waals surface area contributed by atoms with Gasteiger partial charge in [-0.3, -0.25) is 9.89 Å². The van der Waals surface area contributed by atoms with Gasteiger partial charge in [-0.15, -0.1) is 0 Å². The zero-order valence-electron chi connectivity index (χ0n) is 9.50. The van der Waals surface area contributed by atoms with Crippen LogP contribution in [0.25, 0.3) is 10.9 Å². The Hall–Kier alpha value is -1.98. The maximum Gasteiger partial charge on any atom is 0.272 e. The van der Waals surface area contributed by atoms with Gasteiger partial charge in [-0.25, -0.2) is 0 Å². The molecule has 19 heavy (non-hydrogen) atoms. The highest BCUT2D eigenvalue weighted by molar-refractivity contribution is 6.45. The molecule has 0 saturated heterocycles. The molecule has 2 aromatic heterocycles. The third-order valence-electron chi connectivity index (χ3n) is 2.69. The molecule has 0 unspecified atom stereocenters. The monoisotopic (exact) mass is 294 g/mol. The van der Waals surface area contributed by atoms with E-state index in [1.807, 2.05) is 0 Å². The van der Waals surface area contributed by atoms with E-state index in [9.17, 15) is 4.79 Å². The number of rotatable bonds is 2. The van der Waals surface area contributed by atoms with E-state index < -0.39 is 0 Å². The molecule has 3 rings (SSSR count). The first-order chi connectivity index (χ1) is 9.15. The van der Waals surface area contributed by atoms with Crippen LogP contribution in [0.2, 0.25) is 10.0 Å². The molecule has 3 aromatic rings. The van der Waals surface area contributed by atoms with Crippen LogP contribution in [0.1, 0.15) is 10.5 Å². The lowest BCUT2D eigenvalue weighted by molar-refractivity contribution is 0.102. The van der Waals surface area contributed by atoms with E-state index >= 15 is 0 Å². The average molecular weight is 295 g/mol. The van der Waals surface area contributed by atoms with Crippen LogP contribution in [-0.2, 0) is 0 Å². The number of anilines is 1. The van der Waals surface area contributed by atoms with Crippen molar-refractivity contribution >= 4 is 45.7 Å². The van der Waals surface area contributed by atoms with Crippen molar-refractivity contribution < 1.29 is 4.79 Å². The van der Waals surface area contributed by atoms with E-state index in [4.69, 9.17) is 23.2 Å². The fourth-order valence-electron chi connectivity index (χ4n) is 1.78. The van der Waals surface area contributed by atoms with Crippen molar-refractivity contribution in [2.45, 2.75) is 0 Å². The van der Waals surface area contributed by atoms with Gasteiger partial charge in [-0.1, -0.05) is 23.2 Å². The second-order valence-corrected chi connectivity index (χ2v) is 4.73. The molecule has 2 heterocycles. The number of carbonyl (C=O) groups is 1. The smallest absolute Gasteiger partial charge is 0.272 e. The number of hydrogen-bond acceptors (Lipinski definition) is 2. The molecule has 3 N–H and O–H groups in total. The van der Waals surface area contributed by atoms with Gasteiger partial charge in [0.15, 0.2) is 0 Å². The lowest BCUT2D eigenvalue weighted by atomic mass is 10.2. The molecule has 0 atom stereocenters. The molecule has 0 aliphatic rings. The number of halogens is 2. The van der Waals surface area contributed by atoms with Crippen molar-refractivity contribution in [3.05, 3.63) is 46.3 Å². The number of amides is 1. The predicted octanol–water partition coefficient (Wildman–Crippen LogP) is 3.45. The standard InChI is InChI=1S/C12H8Cl2N4O/c13-8-1-2-9-7(11(8)14)3-10(18-9)12(19)17-6-4-15-16-5-6/h1-5,18H,(H,15,16)(H,17,19). The Balaban J connectivity index is 1.97. The minimum atomic E-state index is -0.273. The quantitative estimate of drug-likeness (QED) is 0.677. The summed E-state index contributed by atoms with van der Waals surface area (Å²) in [5.41, 5.74) is 1.75. The number of benzene rings is 1. The van der Waals surface area contributed by atoms with E-state index in [0.29, 0.717) is 26.8 Å². The molecule has 0 spiro atoms. The third-order valence-corrected chi connectivity index (χ3v) is 3.51. The molecular weight excluding hydrogens is 287 g/mol. The molecular formula is C12H8Cl2N4O. The number of aromatic nitrogens is 3. The van der Waals surface area contributed by atoms with Gasteiger partial charge in [-0.2, -0.15) is 5.10 Å². The summed E-state index contributed by atoms with van der Waals surface area (Å²) in [5, 5.41) is 10.7. The van der Waals surface area contributed by atoms with E-state index in [1.54, 1.807) is 24.4 Å². The molecule has 1 amide bonds. The van der Waals surface area contributed by atoms with Crippen LogP contribution in [0.4, 0.5) is 5.69 Å². The number of nitrogens with zero attached hydrogens (tertiary/aromatic N) is 1. The molecule has 0 radical (unpaired) electrons. The minimum absolute atomic E-state index is 0.273. The van der Waals surface area contributed by atoms with Gasteiger partial charge in [0.25, 0.3) is 5.91 Å². The Morgan fingerprint density at radius 2 is 2.16 bits per heavy atom. The van der Waals surface area contributed by atoms with Gasteiger partial charge in [0, 0.05) is 17.1 Å². The summed E-state index contributed by atoms with van der Waals surface area (Å²) in [5.74, 6) is -0.273. The van der Waals surface area contributed by atoms with Gasteiger partial charge in [0.2, 0.25) is 0 Å². The van der Waals surface area contributed by atoms with Gasteiger partial charge >= 0.3 is 0 Å². The van der Waals surface area contributed by atoms with Crippen molar-refractivity contribution in [3.8, 4) is 0 Å². The molecule has 0 aliphatic heterocycles. The third kappa shape index (κ3) is 2.18. The highest BCUT2D eigenvalue weighted by atomic mass is 35.5. The first-order valence-corrected chi connectivity index (χ1v) is 6.17. The van der Waals surface area contributed by atoms with Gasteiger partial charge < -0.3 is 10.3 Å². The second-order valence-electron chi connectivity index (χ2n) is 3.95. The summed E-state index contributed by atoms with van der Waals surface area (Å²) in [6, 6.07) is 5.12. The van der Waals surface area contributed by atoms with E-state index in [-0.39, 0.29) is 5.91 Å². The molecule has 0 fully saturated rings. The fraction of sp³-hybridized carbons (Fsp3) is 0. The van der Waals surface area contributed by atoms with Crippen molar-refractivity contribution in [3.63, 3.8) is 0 Å². The molecule has 1 aromatic carbocycles. The van der Waals surface area contributed by atoms with E-state index in [2.05, 4.69) is 20.5 Å². The fourth-order valence-corrected chi connectivity index (χ4v) is 2.17. The van der Waals surface area contributed by atoms with Crippen molar-refractivity contribution in [2.24, 2.45) is 0 Å². The molecule has 5 nitrogen and oxygen atoms in total. The van der Waals surface area contributed by atoms with Crippen LogP contribution in [-0.4, -0.2) is 21.1 Å². The Bertz CT molecular complexity index is 749. The summed E-state index contributed by atoms with van der Waals surface area (Å²) < 4.78 is 0. The Morgan fingerprint density at radius 3 is 2.89 bits per heavy atom. The number of nitrogens with one attached hydrogen (secondary N) is 3. The van der Waals surface area contributed by atoms with Crippen molar-refractivity contribution in [1.29, 1.82) is 0 Å². The van der Waals surface area contributed by atoms with Crippen LogP contribution in [0.3, 0.4) is 0 Å². The summed E-state index contributed by atoms with van der Waals surface area (Å²) in [6.45, 7) is 0. The van der Waals surface area contributed by atoms with E-state index in [0.717, 1.165) is 5.52 Å². The predicted molar refractivity (Wildman–Crippen MR) is 74.9 cm³/mol. The summed E-state index contributed by atoms with van der Waals surface area (Å²) in [7, 11) is 0. The molecule has 7 heteroatoms. The van der Waals surface area contributed by atoms with Crippen molar-refractivity contribution in [1.82, 2.24) is 15.2 Å². The van der Waals surface area contributed by atoms with Crippen molar-refractivity contribution in [2.75, 3.05) is 5.32 Å². The van der Waals surface area contributed by atoms with Crippen LogP contribution in [0, 0.1) is 0 Å². The molecule has 0 saturated carbocycles. The zero-order valence-corrected chi connectivity index (χ0v) is 11.0. The maximum atomic E-state index is 12.0. The Morgan fingerprint density at radius 1 is 1.32 bits per heavy atom. The first-order valence-electron chi connectivity index (χ1n) is 5.42.